The number of rotatable bonds is 6. The Kier molecular flexibility index (Phi) is 5.46. The Balaban J connectivity index is 1.99. The molecule has 0 aliphatic rings. The number of hydrogen-bond acceptors (Lipinski definition) is 6. The van der Waals surface area contributed by atoms with Crippen molar-refractivity contribution < 1.29 is 18.4 Å². The van der Waals surface area contributed by atoms with Crippen LogP contribution in [-0.4, -0.2) is 24.0 Å². The summed E-state index contributed by atoms with van der Waals surface area (Å²) < 4.78 is 20.5. The number of benzene rings is 1. The predicted molar refractivity (Wildman–Crippen MR) is 98.9 cm³/mol. The Morgan fingerprint density at radius 3 is 3.00 bits per heavy atom. The number of anilines is 2. The van der Waals surface area contributed by atoms with Crippen LogP contribution in [0.25, 0.3) is 11.0 Å². The highest BCUT2D eigenvalue weighted by Gasteiger charge is 2.22. The first-order chi connectivity index (χ1) is 12.1. The van der Waals surface area contributed by atoms with E-state index >= 15 is 0 Å². The largest absolute Gasteiger partial charge is 0.448 e. The third-order valence-corrected chi connectivity index (χ3v) is 3.94. The SMILES string of the molecule is NCCONC(=O)c1oc2ccncc2c1Nc1ccc(I)cc1F. The summed E-state index contributed by atoms with van der Waals surface area (Å²) in [6.07, 6.45) is 3.07. The monoisotopic (exact) mass is 456 g/mol. The van der Waals surface area contributed by atoms with Crippen LogP contribution in [0.2, 0.25) is 0 Å². The number of nitrogens with two attached hydrogens (primary N) is 1. The molecule has 0 spiro atoms. The minimum atomic E-state index is -0.613. The van der Waals surface area contributed by atoms with Crippen molar-refractivity contribution in [1.29, 1.82) is 0 Å². The molecule has 0 fully saturated rings. The molecule has 2 heterocycles. The zero-order valence-electron chi connectivity index (χ0n) is 12.9. The number of carbonyl (C=O) groups excluding carboxylic acids is 1. The van der Waals surface area contributed by atoms with Crippen LogP contribution in [-0.2, 0) is 4.84 Å². The van der Waals surface area contributed by atoms with Gasteiger partial charge in [0.05, 0.1) is 17.7 Å². The average molecular weight is 456 g/mol. The van der Waals surface area contributed by atoms with Crippen molar-refractivity contribution in [1.82, 2.24) is 10.5 Å². The summed E-state index contributed by atoms with van der Waals surface area (Å²) in [6.45, 7) is 0.408. The Hall–Kier alpha value is -2.24. The summed E-state index contributed by atoms with van der Waals surface area (Å²) in [7, 11) is 0. The fraction of sp³-hybridized carbons (Fsp3) is 0.125. The van der Waals surface area contributed by atoms with Gasteiger partial charge >= 0.3 is 5.91 Å². The number of nitrogens with zero attached hydrogens (tertiary/aromatic N) is 1. The van der Waals surface area contributed by atoms with Gasteiger partial charge in [-0.1, -0.05) is 0 Å². The number of aromatic nitrogens is 1. The summed E-state index contributed by atoms with van der Waals surface area (Å²) in [6, 6.07) is 6.32. The second-order valence-corrected chi connectivity index (χ2v) is 6.24. The smallest absolute Gasteiger partial charge is 0.312 e. The van der Waals surface area contributed by atoms with E-state index in [1.165, 1.54) is 18.5 Å². The molecule has 1 amide bonds. The number of hydrogen-bond donors (Lipinski definition) is 3. The van der Waals surface area contributed by atoms with E-state index in [4.69, 9.17) is 15.0 Å². The van der Waals surface area contributed by atoms with Crippen LogP contribution in [0.3, 0.4) is 0 Å². The second-order valence-electron chi connectivity index (χ2n) is 5.00. The zero-order valence-corrected chi connectivity index (χ0v) is 15.0. The van der Waals surface area contributed by atoms with Gasteiger partial charge < -0.3 is 15.5 Å². The standard InChI is InChI=1S/C16H14FIN4O3/c17-11-7-9(18)1-2-12(11)21-14-10-8-20-5-3-13(10)25-15(14)16(23)22-24-6-4-19/h1-3,5,7-8,21H,4,6,19H2,(H,22,23). The van der Waals surface area contributed by atoms with Gasteiger partial charge in [0, 0.05) is 22.5 Å². The summed E-state index contributed by atoms with van der Waals surface area (Å²) >= 11 is 2.02. The van der Waals surface area contributed by atoms with Crippen molar-refractivity contribution in [2.75, 3.05) is 18.5 Å². The Labute approximate surface area is 155 Å². The molecular formula is C16H14FIN4O3. The van der Waals surface area contributed by atoms with Gasteiger partial charge in [0.15, 0.2) is 0 Å². The molecule has 7 nitrogen and oxygen atoms in total. The Bertz CT molecular complexity index is 916. The van der Waals surface area contributed by atoms with Crippen molar-refractivity contribution in [3.05, 3.63) is 51.8 Å². The van der Waals surface area contributed by atoms with Crippen LogP contribution in [0.1, 0.15) is 10.6 Å². The van der Waals surface area contributed by atoms with Gasteiger partial charge in [0.2, 0.25) is 5.76 Å². The third-order valence-electron chi connectivity index (χ3n) is 3.27. The molecule has 0 unspecified atom stereocenters. The summed E-state index contributed by atoms with van der Waals surface area (Å²) in [5, 5.41) is 3.45. The Morgan fingerprint density at radius 2 is 2.24 bits per heavy atom. The van der Waals surface area contributed by atoms with Crippen LogP contribution in [0.4, 0.5) is 15.8 Å². The van der Waals surface area contributed by atoms with Crippen molar-refractivity contribution >= 4 is 50.8 Å². The van der Waals surface area contributed by atoms with Gasteiger partial charge in [-0.3, -0.25) is 14.6 Å². The first kappa shape index (κ1) is 17.6. The average Bonchev–Trinajstić information content (AvgIpc) is 2.96. The first-order valence-electron chi connectivity index (χ1n) is 7.31. The van der Waals surface area contributed by atoms with E-state index < -0.39 is 11.7 Å². The van der Waals surface area contributed by atoms with E-state index in [9.17, 15) is 9.18 Å². The van der Waals surface area contributed by atoms with Crippen molar-refractivity contribution in [3.63, 3.8) is 0 Å². The van der Waals surface area contributed by atoms with Gasteiger partial charge in [-0.05, 0) is 46.9 Å². The quantitative estimate of drug-likeness (QED) is 0.300. The number of fused-ring (bicyclic) bond motifs is 1. The molecule has 0 atom stereocenters. The number of hydroxylamine groups is 1. The number of halogens is 2. The number of carbonyl (C=O) groups is 1. The molecule has 4 N–H and O–H groups in total. The van der Waals surface area contributed by atoms with E-state index in [0.717, 1.165) is 3.57 Å². The maximum Gasteiger partial charge on any atom is 0.312 e. The molecule has 2 aromatic heterocycles. The van der Waals surface area contributed by atoms with Crippen molar-refractivity contribution in [2.24, 2.45) is 5.73 Å². The van der Waals surface area contributed by atoms with Crippen LogP contribution in [0.15, 0.2) is 41.1 Å². The maximum atomic E-state index is 14.2. The lowest BCUT2D eigenvalue weighted by molar-refractivity contribution is 0.0323. The van der Waals surface area contributed by atoms with Crippen LogP contribution in [0.5, 0.6) is 0 Å². The normalized spacial score (nSPS) is 10.8. The van der Waals surface area contributed by atoms with Crippen LogP contribution < -0.4 is 16.5 Å². The van der Waals surface area contributed by atoms with Crippen LogP contribution in [0, 0.1) is 9.39 Å². The number of furan rings is 1. The molecule has 0 saturated carbocycles. The molecule has 0 aliphatic heterocycles. The number of amides is 1. The van der Waals surface area contributed by atoms with Gasteiger partial charge in [-0.25, -0.2) is 9.87 Å². The van der Waals surface area contributed by atoms with Gasteiger partial charge in [0.25, 0.3) is 0 Å². The van der Waals surface area contributed by atoms with Gasteiger partial charge in [-0.15, -0.1) is 0 Å². The molecule has 3 aromatic rings. The van der Waals surface area contributed by atoms with E-state index in [1.54, 1.807) is 18.2 Å². The third kappa shape index (κ3) is 3.89. The van der Waals surface area contributed by atoms with Crippen molar-refractivity contribution in [3.8, 4) is 0 Å². The minimum Gasteiger partial charge on any atom is -0.448 e. The molecule has 0 radical (unpaired) electrons. The highest BCUT2D eigenvalue weighted by molar-refractivity contribution is 14.1. The highest BCUT2D eigenvalue weighted by atomic mass is 127. The van der Waals surface area contributed by atoms with Crippen molar-refractivity contribution in [2.45, 2.75) is 0 Å². The number of pyridine rings is 1. The summed E-state index contributed by atoms with van der Waals surface area (Å²) in [5.41, 5.74) is 8.51. The van der Waals surface area contributed by atoms with E-state index in [1.807, 2.05) is 22.6 Å². The molecule has 0 aliphatic carbocycles. The fourth-order valence-corrected chi connectivity index (χ4v) is 2.63. The fourth-order valence-electron chi connectivity index (χ4n) is 2.17. The molecule has 25 heavy (non-hydrogen) atoms. The molecule has 130 valence electrons. The summed E-state index contributed by atoms with van der Waals surface area (Å²) in [4.78, 5) is 21.3. The lowest BCUT2D eigenvalue weighted by Gasteiger charge is -2.09. The Morgan fingerprint density at radius 1 is 1.40 bits per heavy atom. The predicted octanol–water partition coefficient (Wildman–Crippen LogP) is 2.94. The highest BCUT2D eigenvalue weighted by Crippen LogP contribution is 2.33. The minimum absolute atomic E-state index is 0.0435. The molecule has 3 rings (SSSR count). The second kappa shape index (κ2) is 7.76. The lowest BCUT2D eigenvalue weighted by Crippen LogP contribution is -2.26. The van der Waals surface area contributed by atoms with E-state index in [2.05, 4.69) is 15.8 Å². The molecule has 0 bridgehead atoms. The lowest BCUT2D eigenvalue weighted by atomic mass is 10.2. The van der Waals surface area contributed by atoms with Gasteiger partial charge in [0.1, 0.15) is 17.1 Å². The topological polar surface area (TPSA) is 102 Å². The zero-order chi connectivity index (χ0) is 17.8. The van der Waals surface area contributed by atoms with Gasteiger partial charge in [-0.2, -0.15) is 0 Å². The molecule has 9 heteroatoms. The summed E-state index contributed by atoms with van der Waals surface area (Å²) in [5.74, 6) is -1.10. The maximum absolute atomic E-state index is 14.2. The molecular weight excluding hydrogens is 442 g/mol. The molecule has 0 saturated heterocycles. The number of nitrogens with one attached hydrogen (secondary N) is 2. The van der Waals surface area contributed by atoms with Crippen LogP contribution >= 0.6 is 22.6 Å². The van der Waals surface area contributed by atoms with E-state index in [-0.39, 0.29) is 24.6 Å². The van der Waals surface area contributed by atoms with E-state index in [0.29, 0.717) is 16.7 Å². The molecule has 1 aromatic carbocycles. The first-order valence-corrected chi connectivity index (χ1v) is 8.39.